The van der Waals surface area contributed by atoms with E-state index in [2.05, 4.69) is 0 Å². The molecule has 8 nitrogen and oxygen atoms in total. The minimum atomic E-state index is -4.25. The molecule has 1 rings (SSSR count). The molecule has 0 saturated heterocycles. The van der Waals surface area contributed by atoms with Crippen molar-refractivity contribution in [3.05, 3.63) is 33.4 Å². The lowest BCUT2D eigenvalue weighted by molar-refractivity contribution is -0.387. The smallest absolute Gasteiger partial charge is 0.318 e. The number of carbonyl (C=O) groups is 1. The summed E-state index contributed by atoms with van der Waals surface area (Å²) in [5.74, 6) is -1.33. The van der Waals surface area contributed by atoms with Gasteiger partial charge in [-0.15, -0.1) is 0 Å². The van der Waals surface area contributed by atoms with Crippen molar-refractivity contribution in [3.8, 4) is 0 Å². The van der Waals surface area contributed by atoms with Gasteiger partial charge in [-0.05, 0) is 31.0 Å². The van der Waals surface area contributed by atoms with Crippen LogP contribution in [-0.2, 0) is 14.8 Å². The van der Waals surface area contributed by atoms with Gasteiger partial charge in [0.1, 0.15) is 6.54 Å². The Morgan fingerprint density at radius 1 is 1.33 bits per heavy atom. The predicted molar refractivity (Wildman–Crippen MR) is 74.6 cm³/mol. The Balaban J connectivity index is 3.53. The van der Waals surface area contributed by atoms with Crippen molar-refractivity contribution >= 4 is 21.7 Å². The van der Waals surface area contributed by atoms with Gasteiger partial charge in [0.15, 0.2) is 4.90 Å². The van der Waals surface area contributed by atoms with Crippen LogP contribution in [0.5, 0.6) is 0 Å². The summed E-state index contributed by atoms with van der Waals surface area (Å²) in [7, 11) is -4.25. The monoisotopic (exact) mass is 316 g/mol. The van der Waals surface area contributed by atoms with Crippen LogP contribution in [0.25, 0.3) is 0 Å². The van der Waals surface area contributed by atoms with Crippen molar-refractivity contribution in [2.24, 2.45) is 0 Å². The lowest BCUT2D eigenvalue weighted by Gasteiger charge is -2.18. The quantitative estimate of drug-likeness (QED) is 0.624. The van der Waals surface area contributed by atoms with Crippen molar-refractivity contribution in [3.63, 3.8) is 0 Å². The number of hydrogen-bond donors (Lipinski definition) is 1. The molecule has 0 aliphatic carbocycles. The van der Waals surface area contributed by atoms with E-state index in [9.17, 15) is 23.3 Å². The van der Waals surface area contributed by atoms with Gasteiger partial charge in [0.2, 0.25) is 10.0 Å². The van der Waals surface area contributed by atoms with Gasteiger partial charge in [-0.2, -0.15) is 4.31 Å². The van der Waals surface area contributed by atoms with E-state index in [0.29, 0.717) is 15.4 Å². The van der Waals surface area contributed by atoms with E-state index in [-0.39, 0.29) is 6.54 Å². The Kier molecular flexibility index (Phi) is 5.02. The normalized spacial score (nSPS) is 11.6. The number of nitro groups is 1. The standard InChI is InChI=1S/C12H16N2O6S/c1-4-13(7-12(15)16)21(19,20)11-6-9(3)8(2)5-10(11)14(17)18/h5-6H,4,7H2,1-3H3,(H,15,16). The third-order valence-corrected chi connectivity index (χ3v) is 5.00. The Labute approximate surface area is 122 Å². The summed E-state index contributed by atoms with van der Waals surface area (Å²) in [6, 6.07) is 2.38. The van der Waals surface area contributed by atoms with Gasteiger partial charge >= 0.3 is 5.97 Å². The average Bonchev–Trinajstić information content (AvgIpc) is 2.37. The molecular formula is C12H16N2O6S. The van der Waals surface area contributed by atoms with E-state index in [0.717, 1.165) is 0 Å². The van der Waals surface area contributed by atoms with Crippen LogP contribution in [0.15, 0.2) is 17.0 Å². The molecule has 1 aromatic carbocycles. The average molecular weight is 316 g/mol. The molecule has 0 aromatic heterocycles. The minimum absolute atomic E-state index is 0.0985. The SMILES string of the molecule is CCN(CC(=O)O)S(=O)(=O)c1cc(C)c(C)cc1[N+](=O)[O-]. The number of rotatable bonds is 6. The Bertz CT molecular complexity index is 683. The van der Waals surface area contributed by atoms with Crippen LogP contribution in [0, 0.1) is 24.0 Å². The zero-order chi connectivity index (χ0) is 16.4. The summed E-state index contributed by atoms with van der Waals surface area (Å²) in [6.07, 6.45) is 0. The van der Waals surface area contributed by atoms with Gasteiger partial charge < -0.3 is 5.11 Å². The second-order valence-corrected chi connectivity index (χ2v) is 6.39. The fourth-order valence-electron chi connectivity index (χ4n) is 1.78. The van der Waals surface area contributed by atoms with Crippen molar-refractivity contribution in [1.29, 1.82) is 0 Å². The number of hydrogen-bond acceptors (Lipinski definition) is 5. The van der Waals surface area contributed by atoms with Gasteiger partial charge in [-0.25, -0.2) is 8.42 Å². The summed E-state index contributed by atoms with van der Waals surface area (Å²) in [5, 5.41) is 19.8. The number of likely N-dealkylation sites (N-methyl/N-ethyl adjacent to an activating group) is 1. The van der Waals surface area contributed by atoms with E-state index < -0.39 is 38.0 Å². The van der Waals surface area contributed by atoms with Crippen molar-refractivity contribution in [2.75, 3.05) is 13.1 Å². The number of benzene rings is 1. The number of nitrogens with zero attached hydrogens (tertiary/aromatic N) is 2. The molecule has 0 aliphatic rings. The van der Waals surface area contributed by atoms with Crippen LogP contribution in [0.1, 0.15) is 18.1 Å². The molecule has 0 aliphatic heterocycles. The first-order valence-corrected chi connectivity index (χ1v) is 7.52. The summed E-state index contributed by atoms with van der Waals surface area (Å²) >= 11 is 0. The number of aliphatic carboxylic acids is 1. The third kappa shape index (κ3) is 3.56. The first-order chi connectivity index (χ1) is 9.61. The molecule has 0 unspecified atom stereocenters. The molecule has 1 N–H and O–H groups in total. The second-order valence-electron chi connectivity index (χ2n) is 4.49. The van der Waals surface area contributed by atoms with Crippen molar-refractivity contribution in [2.45, 2.75) is 25.7 Å². The highest BCUT2D eigenvalue weighted by molar-refractivity contribution is 7.89. The molecule has 21 heavy (non-hydrogen) atoms. The molecule has 0 radical (unpaired) electrons. The maximum atomic E-state index is 12.4. The van der Waals surface area contributed by atoms with Crippen molar-refractivity contribution < 1.29 is 23.2 Å². The molecule has 0 amide bonds. The van der Waals surface area contributed by atoms with E-state index in [1.165, 1.54) is 19.1 Å². The third-order valence-electron chi connectivity index (χ3n) is 3.05. The van der Waals surface area contributed by atoms with E-state index in [1.54, 1.807) is 13.8 Å². The molecule has 0 heterocycles. The van der Waals surface area contributed by atoms with E-state index in [4.69, 9.17) is 5.11 Å². The summed E-state index contributed by atoms with van der Waals surface area (Å²) in [5.41, 5.74) is 0.606. The second kappa shape index (κ2) is 6.19. The molecular weight excluding hydrogens is 300 g/mol. The zero-order valence-electron chi connectivity index (χ0n) is 11.9. The van der Waals surface area contributed by atoms with Gasteiger partial charge in [0.25, 0.3) is 5.69 Å². The molecule has 0 bridgehead atoms. The molecule has 116 valence electrons. The maximum absolute atomic E-state index is 12.4. The fraction of sp³-hybridized carbons (Fsp3) is 0.417. The minimum Gasteiger partial charge on any atom is -0.480 e. The van der Waals surface area contributed by atoms with E-state index in [1.807, 2.05) is 0 Å². The lowest BCUT2D eigenvalue weighted by Crippen LogP contribution is -2.35. The zero-order valence-corrected chi connectivity index (χ0v) is 12.7. The molecule has 0 saturated carbocycles. The van der Waals surface area contributed by atoms with E-state index >= 15 is 0 Å². The number of aryl methyl sites for hydroxylation is 2. The van der Waals surface area contributed by atoms with Gasteiger partial charge in [0.05, 0.1) is 4.92 Å². The molecule has 9 heteroatoms. The topological polar surface area (TPSA) is 118 Å². The number of carboxylic acids is 1. The van der Waals surface area contributed by atoms with Crippen LogP contribution in [0.2, 0.25) is 0 Å². The number of sulfonamides is 1. The van der Waals surface area contributed by atoms with Gasteiger partial charge in [-0.1, -0.05) is 6.92 Å². The first-order valence-electron chi connectivity index (χ1n) is 6.08. The number of nitro benzene ring substituents is 1. The fourth-order valence-corrected chi connectivity index (χ4v) is 3.40. The summed E-state index contributed by atoms with van der Waals surface area (Å²) in [6.45, 7) is 3.88. The van der Waals surface area contributed by atoms with Crippen LogP contribution in [0.4, 0.5) is 5.69 Å². The summed E-state index contributed by atoms with van der Waals surface area (Å²) in [4.78, 5) is 20.5. The first kappa shape index (κ1) is 17.1. The Morgan fingerprint density at radius 2 is 1.86 bits per heavy atom. The summed E-state index contributed by atoms with van der Waals surface area (Å²) < 4.78 is 25.6. The van der Waals surface area contributed by atoms with Crippen LogP contribution in [-0.4, -0.2) is 41.8 Å². The largest absolute Gasteiger partial charge is 0.480 e. The molecule has 0 fully saturated rings. The van der Waals surface area contributed by atoms with Crippen LogP contribution >= 0.6 is 0 Å². The van der Waals surface area contributed by atoms with Gasteiger partial charge in [0, 0.05) is 12.6 Å². The highest BCUT2D eigenvalue weighted by atomic mass is 32.2. The molecule has 0 spiro atoms. The highest BCUT2D eigenvalue weighted by Gasteiger charge is 2.32. The predicted octanol–water partition coefficient (Wildman–Crippen LogP) is 1.31. The lowest BCUT2D eigenvalue weighted by atomic mass is 10.1. The molecule has 1 aromatic rings. The van der Waals surface area contributed by atoms with Crippen molar-refractivity contribution in [1.82, 2.24) is 4.31 Å². The molecule has 0 atom stereocenters. The van der Waals surface area contributed by atoms with Gasteiger partial charge in [-0.3, -0.25) is 14.9 Å². The number of carboxylic acid groups (broad SMARTS) is 1. The highest BCUT2D eigenvalue weighted by Crippen LogP contribution is 2.29. The van der Waals surface area contributed by atoms with Crippen LogP contribution < -0.4 is 0 Å². The Morgan fingerprint density at radius 3 is 2.29 bits per heavy atom. The maximum Gasteiger partial charge on any atom is 0.318 e. The van der Waals surface area contributed by atoms with Crippen LogP contribution in [0.3, 0.4) is 0 Å². The Hall–Kier alpha value is -2.00.